The number of hydrogen-bond acceptors (Lipinski definition) is 5. The third kappa shape index (κ3) is 3.68. The SMILES string of the molecule is CSCCN(C)S(=O)(=O)c1cc(CN)sc1Br. The highest BCUT2D eigenvalue weighted by molar-refractivity contribution is 9.11. The molecule has 0 aliphatic carbocycles. The summed E-state index contributed by atoms with van der Waals surface area (Å²) in [4.78, 5) is 1.17. The zero-order valence-electron chi connectivity index (χ0n) is 9.64. The van der Waals surface area contributed by atoms with Gasteiger partial charge in [0, 0.05) is 30.8 Å². The molecule has 1 aromatic rings. The summed E-state index contributed by atoms with van der Waals surface area (Å²) in [6, 6.07) is 1.64. The Morgan fingerprint density at radius 2 is 2.24 bits per heavy atom. The summed E-state index contributed by atoms with van der Waals surface area (Å²) in [6.07, 6.45) is 1.95. The standard InChI is InChI=1S/C9H15BrN2O2S3/c1-12(3-4-15-2)17(13,14)8-5-7(6-11)16-9(8)10/h5H,3-4,6,11H2,1-2H3. The maximum atomic E-state index is 12.2. The van der Waals surface area contributed by atoms with E-state index >= 15 is 0 Å². The lowest BCUT2D eigenvalue weighted by molar-refractivity contribution is 0.488. The maximum absolute atomic E-state index is 12.2. The van der Waals surface area contributed by atoms with Gasteiger partial charge in [-0.05, 0) is 28.3 Å². The maximum Gasteiger partial charge on any atom is 0.244 e. The Balaban J connectivity index is 2.99. The molecule has 17 heavy (non-hydrogen) atoms. The minimum atomic E-state index is -3.40. The molecule has 0 bridgehead atoms. The van der Waals surface area contributed by atoms with Crippen LogP contribution in [-0.4, -0.2) is 38.3 Å². The zero-order valence-corrected chi connectivity index (χ0v) is 13.7. The van der Waals surface area contributed by atoms with Gasteiger partial charge in [-0.3, -0.25) is 0 Å². The van der Waals surface area contributed by atoms with Crippen LogP contribution in [0.25, 0.3) is 0 Å². The molecule has 0 saturated heterocycles. The van der Waals surface area contributed by atoms with Gasteiger partial charge < -0.3 is 5.73 Å². The molecule has 0 radical (unpaired) electrons. The Kier molecular flexibility index (Phi) is 5.94. The molecule has 1 heterocycles. The summed E-state index contributed by atoms with van der Waals surface area (Å²) in [5.74, 6) is 0.779. The lowest BCUT2D eigenvalue weighted by atomic mass is 10.5. The van der Waals surface area contributed by atoms with Crippen molar-refractivity contribution in [1.82, 2.24) is 4.31 Å². The number of nitrogens with two attached hydrogens (primary N) is 1. The topological polar surface area (TPSA) is 63.4 Å². The molecule has 1 aromatic heterocycles. The van der Waals surface area contributed by atoms with Crippen molar-refractivity contribution in [2.45, 2.75) is 11.4 Å². The number of thioether (sulfide) groups is 1. The average Bonchev–Trinajstić information content (AvgIpc) is 2.67. The van der Waals surface area contributed by atoms with E-state index in [0.29, 0.717) is 21.8 Å². The van der Waals surface area contributed by atoms with E-state index in [1.165, 1.54) is 15.6 Å². The van der Waals surface area contributed by atoms with Crippen LogP contribution >= 0.6 is 39.0 Å². The summed E-state index contributed by atoms with van der Waals surface area (Å²) in [5, 5.41) is 0. The number of rotatable bonds is 6. The zero-order chi connectivity index (χ0) is 13.1. The van der Waals surface area contributed by atoms with Crippen LogP contribution in [-0.2, 0) is 16.6 Å². The molecule has 0 atom stereocenters. The van der Waals surface area contributed by atoms with Gasteiger partial charge in [-0.25, -0.2) is 12.7 Å². The molecule has 4 nitrogen and oxygen atoms in total. The van der Waals surface area contributed by atoms with Gasteiger partial charge >= 0.3 is 0 Å². The van der Waals surface area contributed by atoms with Gasteiger partial charge in [-0.2, -0.15) is 11.8 Å². The Morgan fingerprint density at radius 3 is 2.71 bits per heavy atom. The lowest BCUT2D eigenvalue weighted by Gasteiger charge is -2.15. The van der Waals surface area contributed by atoms with E-state index < -0.39 is 10.0 Å². The highest BCUT2D eigenvalue weighted by atomic mass is 79.9. The minimum Gasteiger partial charge on any atom is -0.326 e. The van der Waals surface area contributed by atoms with Crippen LogP contribution in [0.2, 0.25) is 0 Å². The van der Waals surface area contributed by atoms with Gasteiger partial charge in [0.25, 0.3) is 0 Å². The molecule has 98 valence electrons. The van der Waals surface area contributed by atoms with Crippen molar-refractivity contribution < 1.29 is 8.42 Å². The molecule has 2 N–H and O–H groups in total. The van der Waals surface area contributed by atoms with Crippen LogP contribution in [0.4, 0.5) is 0 Å². The lowest BCUT2D eigenvalue weighted by Crippen LogP contribution is -2.29. The smallest absolute Gasteiger partial charge is 0.244 e. The molecule has 0 aliphatic rings. The fourth-order valence-corrected chi connectivity index (χ4v) is 5.43. The third-order valence-corrected chi connectivity index (χ3v) is 6.93. The molecule has 0 amide bonds. The van der Waals surface area contributed by atoms with Crippen molar-refractivity contribution in [3.05, 3.63) is 14.7 Å². The van der Waals surface area contributed by atoms with Gasteiger partial charge in [0.1, 0.15) is 4.90 Å². The first kappa shape index (κ1) is 15.5. The second-order valence-electron chi connectivity index (χ2n) is 3.37. The largest absolute Gasteiger partial charge is 0.326 e. The van der Waals surface area contributed by atoms with Gasteiger partial charge in [0.2, 0.25) is 10.0 Å². The van der Waals surface area contributed by atoms with E-state index in [0.717, 1.165) is 10.6 Å². The quantitative estimate of drug-likeness (QED) is 0.843. The van der Waals surface area contributed by atoms with Crippen molar-refractivity contribution in [2.75, 3.05) is 25.6 Å². The normalized spacial score (nSPS) is 12.3. The van der Waals surface area contributed by atoms with E-state index in [4.69, 9.17) is 5.73 Å². The number of halogens is 1. The van der Waals surface area contributed by atoms with Gasteiger partial charge in [0.05, 0.1) is 3.79 Å². The summed E-state index contributed by atoms with van der Waals surface area (Å²) in [7, 11) is -1.81. The number of sulfonamides is 1. The second-order valence-corrected chi connectivity index (χ2v) is 8.83. The summed E-state index contributed by atoms with van der Waals surface area (Å²) in [6.45, 7) is 0.858. The Hall–Kier alpha value is 0.400. The molecule has 0 aliphatic heterocycles. The predicted octanol–water partition coefficient (Wildman–Crippen LogP) is 1.95. The first-order chi connectivity index (χ1) is 7.93. The summed E-state index contributed by atoms with van der Waals surface area (Å²) >= 11 is 6.27. The van der Waals surface area contributed by atoms with Crippen molar-refractivity contribution in [3.8, 4) is 0 Å². The second kappa shape index (κ2) is 6.53. The number of hydrogen-bond donors (Lipinski definition) is 1. The van der Waals surface area contributed by atoms with Gasteiger partial charge in [-0.1, -0.05) is 0 Å². The third-order valence-electron chi connectivity index (χ3n) is 2.21. The molecule has 0 aromatic carbocycles. The van der Waals surface area contributed by atoms with Gasteiger partial charge in [-0.15, -0.1) is 11.3 Å². The van der Waals surface area contributed by atoms with Crippen LogP contribution in [0, 0.1) is 0 Å². The Morgan fingerprint density at radius 1 is 1.59 bits per heavy atom. The molecule has 0 saturated carbocycles. The van der Waals surface area contributed by atoms with Crippen LogP contribution in [0.15, 0.2) is 14.7 Å². The number of thiophene rings is 1. The fourth-order valence-electron chi connectivity index (χ4n) is 1.18. The molecular formula is C9H15BrN2O2S3. The molecule has 0 spiro atoms. The first-order valence-electron chi connectivity index (χ1n) is 4.87. The molecule has 1 rings (SSSR count). The van der Waals surface area contributed by atoms with Crippen molar-refractivity contribution in [1.29, 1.82) is 0 Å². The van der Waals surface area contributed by atoms with Crippen LogP contribution in [0.5, 0.6) is 0 Å². The van der Waals surface area contributed by atoms with E-state index in [2.05, 4.69) is 15.9 Å². The van der Waals surface area contributed by atoms with E-state index in [9.17, 15) is 8.42 Å². The molecular weight excluding hydrogens is 344 g/mol. The van der Waals surface area contributed by atoms with Crippen molar-refractivity contribution in [3.63, 3.8) is 0 Å². The Labute approximate surface area is 119 Å². The first-order valence-corrected chi connectivity index (χ1v) is 9.31. The van der Waals surface area contributed by atoms with E-state index in [1.54, 1.807) is 24.9 Å². The van der Waals surface area contributed by atoms with E-state index in [-0.39, 0.29) is 0 Å². The highest BCUT2D eigenvalue weighted by Gasteiger charge is 2.25. The summed E-state index contributed by atoms with van der Waals surface area (Å²) < 4.78 is 26.5. The number of nitrogens with zero attached hydrogens (tertiary/aromatic N) is 1. The average molecular weight is 359 g/mol. The van der Waals surface area contributed by atoms with Crippen LogP contribution < -0.4 is 5.73 Å². The van der Waals surface area contributed by atoms with Gasteiger partial charge in [0.15, 0.2) is 0 Å². The Bertz CT molecular complexity index is 473. The van der Waals surface area contributed by atoms with Crippen LogP contribution in [0.3, 0.4) is 0 Å². The van der Waals surface area contributed by atoms with Crippen LogP contribution in [0.1, 0.15) is 4.88 Å². The molecule has 8 heteroatoms. The predicted molar refractivity (Wildman–Crippen MR) is 78.1 cm³/mol. The molecule has 0 unspecified atom stereocenters. The summed E-state index contributed by atoms with van der Waals surface area (Å²) in [5.41, 5.74) is 5.51. The van der Waals surface area contributed by atoms with Crippen molar-refractivity contribution in [2.24, 2.45) is 5.73 Å². The van der Waals surface area contributed by atoms with E-state index in [1.807, 2.05) is 6.26 Å². The monoisotopic (exact) mass is 358 g/mol. The fraction of sp³-hybridized carbons (Fsp3) is 0.556. The minimum absolute atomic E-state index is 0.312. The highest BCUT2D eigenvalue weighted by Crippen LogP contribution is 2.32. The molecule has 0 fully saturated rings. The van der Waals surface area contributed by atoms with Crippen molar-refractivity contribution >= 4 is 49.1 Å².